The van der Waals surface area contributed by atoms with Crippen LogP contribution in [0.3, 0.4) is 0 Å². The molecule has 3 heterocycles. The number of rotatable bonds is 5. The lowest BCUT2D eigenvalue weighted by Gasteiger charge is -2.38. The first-order chi connectivity index (χ1) is 11.9. The summed E-state index contributed by atoms with van der Waals surface area (Å²) in [5, 5.41) is 0. The van der Waals surface area contributed by atoms with Gasteiger partial charge in [0.15, 0.2) is 0 Å². The topological polar surface area (TPSA) is 71.0 Å². The maximum absolute atomic E-state index is 13.0. The highest BCUT2D eigenvalue weighted by atomic mass is 31.2. The second-order valence-electron chi connectivity index (χ2n) is 6.88. The summed E-state index contributed by atoms with van der Waals surface area (Å²) in [5.74, 6) is 0.724. The lowest BCUT2D eigenvalue weighted by atomic mass is 10.2. The molecule has 9 heteroatoms. The molecule has 0 aliphatic carbocycles. The number of anilines is 1. The van der Waals surface area contributed by atoms with Gasteiger partial charge in [-0.25, -0.2) is 14.6 Å². The largest absolute Gasteiger partial charge is 0.370 e. The van der Waals surface area contributed by atoms with E-state index in [0.717, 1.165) is 32.1 Å². The van der Waals surface area contributed by atoms with Gasteiger partial charge in [-0.05, 0) is 20.0 Å². The van der Waals surface area contributed by atoms with E-state index in [1.165, 1.54) is 0 Å². The quantitative estimate of drug-likeness (QED) is 0.716. The summed E-state index contributed by atoms with van der Waals surface area (Å²) < 4.78 is 26.7. The molecule has 8 nitrogen and oxygen atoms in total. The summed E-state index contributed by atoms with van der Waals surface area (Å²) in [4.78, 5) is 12.9. The predicted molar refractivity (Wildman–Crippen MR) is 97.1 cm³/mol. The fourth-order valence-corrected chi connectivity index (χ4v) is 4.90. The van der Waals surface area contributed by atoms with Crippen molar-refractivity contribution in [3.63, 3.8) is 0 Å². The number of hydrogen-bond donors (Lipinski definition) is 0. The van der Waals surface area contributed by atoms with E-state index >= 15 is 0 Å². The van der Waals surface area contributed by atoms with Crippen molar-refractivity contribution >= 4 is 13.5 Å². The van der Waals surface area contributed by atoms with Gasteiger partial charge in [-0.3, -0.25) is 4.57 Å². The van der Waals surface area contributed by atoms with Crippen LogP contribution in [-0.2, 0) is 13.8 Å². The number of aromatic nitrogens is 2. The van der Waals surface area contributed by atoms with Crippen LogP contribution < -0.4 is 4.90 Å². The van der Waals surface area contributed by atoms with Gasteiger partial charge in [-0.2, -0.15) is 0 Å². The van der Waals surface area contributed by atoms with Gasteiger partial charge in [-0.15, -0.1) is 0 Å². The third kappa shape index (κ3) is 4.99. The van der Waals surface area contributed by atoms with Crippen LogP contribution in [0.5, 0.6) is 0 Å². The third-order valence-corrected chi connectivity index (χ3v) is 6.67. The average Bonchev–Trinajstić information content (AvgIpc) is 2.60. The number of ether oxygens (including phenoxy) is 1. The van der Waals surface area contributed by atoms with E-state index in [0.29, 0.717) is 19.7 Å². The van der Waals surface area contributed by atoms with Gasteiger partial charge >= 0.3 is 0 Å². The van der Waals surface area contributed by atoms with Gasteiger partial charge in [0.2, 0.25) is 5.95 Å². The number of morpholine rings is 1. The highest BCUT2D eigenvalue weighted by Gasteiger charge is 2.32. The second kappa shape index (κ2) is 8.10. The number of nitrogens with zero attached hydrogens (tertiary/aromatic N) is 5. The van der Waals surface area contributed by atoms with Crippen LogP contribution >= 0.6 is 7.52 Å². The highest BCUT2D eigenvalue weighted by Crippen LogP contribution is 2.47. The lowest BCUT2D eigenvalue weighted by Crippen LogP contribution is -2.47. The van der Waals surface area contributed by atoms with Crippen LogP contribution in [0.25, 0.3) is 0 Å². The zero-order valence-corrected chi connectivity index (χ0v) is 16.1. The molecule has 0 radical (unpaired) electrons. The van der Waals surface area contributed by atoms with Crippen LogP contribution in [0.2, 0.25) is 0 Å². The maximum Gasteiger partial charge on any atom is 0.269 e. The van der Waals surface area contributed by atoms with Gasteiger partial charge in [0, 0.05) is 58.3 Å². The first-order valence-corrected chi connectivity index (χ1v) is 10.8. The van der Waals surface area contributed by atoms with E-state index < -0.39 is 7.52 Å². The fraction of sp³-hybridized carbons (Fsp3) is 0.750. The van der Waals surface area contributed by atoms with Crippen molar-refractivity contribution in [1.29, 1.82) is 0 Å². The Hall–Kier alpha value is -1.05. The van der Waals surface area contributed by atoms with E-state index in [2.05, 4.69) is 33.7 Å². The molecular formula is C16H28N5O3P. The smallest absolute Gasteiger partial charge is 0.269 e. The Labute approximate surface area is 149 Å². The van der Waals surface area contributed by atoms with Crippen LogP contribution in [0, 0.1) is 0 Å². The van der Waals surface area contributed by atoms with E-state index in [1.54, 1.807) is 25.1 Å². The minimum absolute atomic E-state index is 0.0268. The molecule has 3 unspecified atom stereocenters. The molecule has 0 N–H and O–H groups in total. The Morgan fingerprint density at radius 3 is 2.56 bits per heavy atom. The summed E-state index contributed by atoms with van der Waals surface area (Å²) in [6, 6.07) is 1.81. The molecule has 2 saturated heterocycles. The van der Waals surface area contributed by atoms with Crippen molar-refractivity contribution in [2.75, 3.05) is 64.5 Å². The SMILES string of the molecule is CC1CN(C)CC(COP(C)(=O)N2CCN(c3ncccn3)CC2)O1. The first kappa shape index (κ1) is 18.7. The standard InChI is InChI=1S/C16H28N5O3P/c1-14-11-19(2)12-15(24-14)13-23-25(3,22)21-9-7-20(8-10-21)16-17-5-4-6-18-16/h4-6,14-15H,7-13H2,1-3H3. The predicted octanol–water partition coefficient (Wildman–Crippen LogP) is 1.16. The molecule has 0 bridgehead atoms. The molecule has 0 saturated carbocycles. The number of likely N-dealkylation sites (N-methyl/N-ethyl adjacent to an activating group) is 1. The Balaban J connectivity index is 1.49. The van der Waals surface area contributed by atoms with Gasteiger partial charge in [0.25, 0.3) is 7.52 Å². The summed E-state index contributed by atoms with van der Waals surface area (Å²) in [6.45, 7) is 8.69. The van der Waals surface area contributed by atoms with E-state index in [-0.39, 0.29) is 12.2 Å². The molecule has 25 heavy (non-hydrogen) atoms. The second-order valence-corrected chi connectivity index (χ2v) is 9.31. The van der Waals surface area contributed by atoms with Crippen molar-refractivity contribution in [3.8, 4) is 0 Å². The number of hydrogen-bond acceptors (Lipinski definition) is 7. The maximum atomic E-state index is 13.0. The normalized spacial score (nSPS) is 28.7. The molecule has 0 amide bonds. The molecule has 1 aromatic rings. The van der Waals surface area contributed by atoms with E-state index in [4.69, 9.17) is 9.26 Å². The van der Waals surface area contributed by atoms with Crippen molar-refractivity contribution in [2.24, 2.45) is 0 Å². The van der Waals surface area contributed by atoms with Crippen molar-refractivity contribution in [1.82, 2.24) is 19.5 Å². The fourth-order valence-electron chi connectivity index (χ4n) is 3.38. The lowest BCUT2D eigenvalue weighted by molar-refractivity contribution is -0.0853. The van der Waals surface area contributed by atoms with Gasteiger partial charge in [-0.1, -0.05) is 0 Å². The molecule has 3 rings (SSSR count). The molecule has 140 valence electrons. The first-order valence-electron chi connectivity index (χ1n) is 8.77. The molecule has 2 fully saturated rings. The minimum atomic E-state index is -2.82. The van der Waals surface area contributed by atoms with E-state index in [9.17, 15) is 4.57 Å². The molecule has 0 aromatic carbocycles. The Kier molecular flexibility index (Phi) is 6.07. The third-order valence-electron chi connectivity index (χ3n) is 4.61. The van der Waals surface area contributed by atoms with E-state index in [1.807, 2.05) is 4.67 Å². The molecule has 0 spiro atoms. The van der Waals surface area contributed by atoms with Crippen molar-refractivity contribution < 1.29 is 13.8 Å². The van der Waals surface area contributed by atoms with Crippen LogP contribution in [0.1, 0.15) is 6.92 Å². The molecule has 2 aliphatic heterocycles. The summed E-state index contributed by atoms with van der Waals surface area (Å²) in [7, 11) is -0.753. The zero-order chi connectivity index (χ0) is 17.9. The zero-order valence-electron chi connectivity index (χ0n) is 15.2. The van der Waals surface area contributed by atoms with Crippen LogP contribution in [0.4, 0.5) is 5.95 Å². The van der Waals surface area contributed by atoms with Crippen molar-refractivity contribution in [3.05, 3.63) is 18.5 Å². The minimum Gasteiger partial charge on any atom is -0.370 e. The molecule has 1 aromatic heterocycles. The van der Waals surface area contributed by atoms with Crippen LogP contribution in [-0.4, -0.2) is 91.3 Å². The Bertz CT molecular complexity index is 587. The monoisotopic (exact) mass is 369 g/mol. The highest BCUT2D eigenvalue weighted by molar-refractivity contribution is 7.55. The number of piperazine rings is 1. The average molecular weight is 369 g/mol. The molecule has 2 aliphatic rings. The van der Waals surface area contributed by atoms with Crippen molar-refractivity contribution in [2.45, 2.75) is 19.1 Å². The van der Waals surface area contributed by atoms with Gasteiger partial charge in [0.1, 0.15) is 0 Å². The summed E-state index contributed by atoms with van der Waals surface area (Å²) in [6.07, 6.45) is 3.63. The molecular weight excluding hydrogens is 341 g/mol. The van der Waals surface area contributed by atoms with Gasteiger partial charge < -0.3 is 19.1 Å². The Morgan fingerprint density at radius 1 is 1.24 bits per heavy atom. The van der Waals surface area contributed by atoms with Gasteiger partial charge in [0.05, 0.1) is 18.8 Å². The molecule has 3 atom stereocenters. The summed E-state index contributed by atoms with van der Waals surface area (Å²) in [5.41, 5.74) is 0. The summed E-state index contributed by atoms with van der Waals surface area (Å²) >= 11 is 0. The van der Waals surface area contributed by atoms with Crippen LogP contribution in [0.15, 0.2) is 18.5 Å². The Morgan fingerprint density at radius 2 is 1.92 bits per heavy atom.